The average molecular weight is 211 g/mol. The van der Waals surface area contributed by atoms with E-state index >= 15 is 0 Å². The first-order valence-corrected chi connectivity index (χ1v) is 6.00. The molecule has 0 amide bonds. The Bertz CT molecular complexity index is 199. The first-order valence-electron chi connectivity index (χ1n) is 6.00. The highest BCUT2D eigenvalue weighted by atomic mass is 16.3. The van der Waals surface area contributed by atoms with Crippen molar-refractivity contribution in [2.24, 2.45) is 11.3 Å². The van der Waals surface area contributed by atoms with Crippen LogP contribution in [0.25, 0.3) is 0 Å². The van der Waals surface area contributed by atoms with Crippen molar-refractivity contribution in [3.63, 3.8) is 0 Å². The zero-order chi connectivity index (χ0) is 11.5. The number of hydrogen-bond acceptors (Lipinski definition) is 2. The maximum absolute atomic E-state index is 9.41. The van der Waals surface area contributed by atoms with Crippen molar-refractivity contribution in [2.75, 3.05) is 0 Å². The van der Waals surface area contributed by atoms with Crippen LogP contribution in [-0.4, -0.2) is 17.4 Å². The van der Waals surface area contributed by atoms with Crippen molar-refractivity contribution in [3.05, 3.63) is 12.7 Å². The smallest absolute Gasteiger partial charge is 0.124 e. The number of aliphatic hydroxyl groups is 1. The largest absolute Gasteiger partial charge is 0.375 e. The van der Waals surface area contributed by atoms with Crippen LogP contribution in [0.4, 0.5) is 0 Å². The van der Waals surface area contributed by atoms with Crippen molar-refractivity contribution in [1.82, 2.24) is 5.32 Å². The van der Waals surface area contributed by atoms with E-state index in [2.05, 4.69) is 32.7 Å². The first kappa shape index (κ1) is 12.7. The Balaban J connectivity index is 2.33. The molecule has 0 heterocycles. The molecule has 0 aromatic carbocycles. The summed E-state index contributed by atoms with van der Waals surface area (Å²) >= 11 is 0. The predicted octanol–water partition coefficient (Wildman–Crippen LogP) is 2.69. The lowest BCUT2D eigenvalue weighted by Crippen LogP contribution is -2.40. The van der Waals surface area contributed by atoms with Gasteiger partial charge in [-0.05, 0) is 43.1 Å². The maximum Gasteiger partial charge on any atom is 0.124 e. The van der Waals surface area contributed by atoms with Crippen LogP contribution in [0, 0.1) is 11.3 Å². The lowest BCUT2D eigenvalue weighted by molar-refractivity contribution is 0.120. The van der Waals surface area contributed by atoms with Gasteiger partial charge in [-0.1, -0.05) is 27.4 Å². The van der Waals surface area contributed by atoms with Crippen molar-refractivity contribution in [1.29, 1.82) is 0 Å². The van der Waals surface area contributed by atoms with Crippen LogP contribution in [0.3, 0.4) is 0 Å². The number of rotatable bonds is 3. The van der Waals surface area contributed by atoms with Gasteiger partial charge in [-0.3, -0.25) is 5.32 Å². The van der Waals surface area contributed by atoms with Gasteiger partial charge in [0.05, 0.1) is 0 Å². The van der Waals surface area contributed by atoms with Crippen LogP contribution >= 0.6 is 0 Å². The summed E-state index contributed by atoms with van der Waals surface area (Å²) in [5.41, 5.74) is 0.433. The van der Waals surface area contributed by atoms with Crippen molar-refractivity contribution in [3.8, 4) is 0 Å². The molecule has 0 spiro atoms. The molecule has 0 radical (unpaired) electrons. The third-order valence-electron chi connectivity index (χ3n) is 3.58. The van der Waals surface area contributed by atoms with E-state index in [1.165, 1.54) is 25.7 Å². The molecule has 88 valence electrons. The van der Waals surface area contributed by atoms with E-state index in [0.717, 1.165) is 5.92 Å². The monoisotopic (exact) mass is 211 g/mol. The molecular weight excluding hydrogens is 186 g/mol. The molecule has 1 aliphatic rings. The Labute approximate surface area is 93.8 Å². The van der Waals surface area contributed by atoms with E-state index in [9.17, 15) is 5.11 Å². The zero-order valence-electron chi connectivity index (χ0n) is 10.3. The molecule has 0 aromatic heterocycles. The molecule has 1 saturated carbocycles. The second-order valence-corrected chi connectivity index (χ2v) is 5.76. The second kappa shape index (κ2) is 5.13. The predicted molar refractivity (Wildman–Crippen MR) is 64.5 cm³/mol. The quantitative estimate of drug-likeness (QED) is 0.555. The molecule has 0 aliphatic heterocycles. The minimum Gasteiger partial charge on any atom is -0.375 e. The van der Waals surface area contributed by atoms with Crippen molar-refractivity contribution in [2.45, 2.75) is 58.7 Å². The summed E-state index contributed by atoms with van der Waals surface area (Å²) in [4.78, 5) is 0. The molecule has 0 saturated heterocycles. The van der Waals surface area contributed by atoms with Gasteiger partial charge in [-0.25, -0.2) is 0 Å². The Hall–Kier alpha value is -0.340. The third-order valence-corrected chi connectivity index (χ3v) is 3.58. The highest BCUT2D eigenvalue weighted by molar-refractivity contribution is 4.86. The maximum atomic E-state index is 9.41. The van der Waals surface area contributed by atoms with Gasteiger partial charge in [0, 0.05) is 6.04 Å². The summed E-state index contributed by atoms with van der Waals surface area (Å²) in [5, 5.41) is 12.6. The van der Waals surface area contributed by atoms with E-state index in [-0.39, 0.29) is 0 Å². The fourth-order valence-electron chi connectivity index (χ4n) is 2.44. The molecule has 2 heteroatoms. The second-order valence-electron chi connectivity index (χ2n) is 5.76. The Morgan fingerprint density at radius 3 is 2.20 bits per heavy atom. The van der Waals surface area contributed by atoms with Gasteiger partial charge >= 0.3 is 0 Å². The van der Waals surface area contributed by atoms with Gasteiger partial charge in [0.2, 0.25) is 0 Å². The summed E-state index contributed by atoms with van der Waals surface area (Å²) in [6, 6.07) is 0.469. The van der Waals surface area contributed by atoms with Crippen molar-refractivity contribution >= 4 is 0 Å². The molecular formula is C13H25NO. The minimum atomic E-state index is -0.541. The van der Waals surface area contributed by atoms with Gasteiger partial charge in [0.25, 0.3) is 0 Å². The number of aliphatic hydroxyl groups excluding tert-OH is 1. The highest BCUT2D eigenvalue weighted by Crippen LogP contribution is 2.37. The number of hydrogen-bond donors (Lipinski definition) is 2. The van der Waals surface area contributed by atoms with E-state index in [4.69, 9.17) is 0 Å². The zero-order valence-corrected chi connectivity index (χ0v) is 10.3. The van der Waals surface area contributed by atoms with Gasteiger partial charge in [-0.2, -0.15) is 0 Å². The summed E-state index contributed by atoms with van der Waals surface area (Å²) in [7, 11) is 0. The van der Waals surface area contributed by atoms with Crippen LogP contribution < -0.4 is 5.32 Å². The van der Waals surface area contributed by atoms with E-state index in [1.807, 2.05) is 0 Å². The van der Waals surface area contributed by atoms with E-state index in [1.54, 1.807) is 6.08 Å². The molecule has 2 N–H and O–H groups in total. The fraction of sp³-hybridized carbons (Fsp3) is 0.846. The molecule has 2 nitrogen and oxygen atoms in total. The molecule has 0 bridgehead atoms. The van der Waals surface area contributed by atoms with Crippen LogP contribution in [0.15, 0.2) is 12.7 Å². The third kappa shape index (κ3) is 3.96. The van der Waals surface area contributed by atoms with Gasteiger partial charge < -0.3 is 5.11 Å². The average Bonchev–Trinajstić information content (AvgIpc) is 2.17. The summed E-state index contributed by atoms with van der Waals surface area (Å²) in [5.74, 6) is 0.830. The lowest BCUT2D eigenvalue weighted by atomic mass is 9.71. The van der Waals surface area contributed by atoms with Gasteiger partial charge in [-0.15, -0.1) is 0 Å². The lowest BCUT2D eigenvalue weighted by Gasteiger charge is -2.37. The SMILES string of the molecule is C=CC(O)NC1CCC(C(C)(C)C)CC1. The van der Waals surface area contributed by atoms with E-state index in [0.29, 0.717) is 11.5 Å². The Morgan fingerprint density at radius 2 is 1.80 bits per heavy atom. The number of nitrogens with one attached hydrogen (secondary N) is 1. The summed E-state index contributed by atoms with van der Waals surface area (Å²) in [6.45, 7) is 10.5. The Kier molecular flexibility index (Phi) is 4.35. The molecule has 1 aliphatic carbocycles. The van der Waals surface area contributed by atoms with Crippen molar-refractivity contribution < 1.29 is 5.11 Å². The van der Waals surface area contributed by atoms with Gasteiger partial charge in [0.1, 0.15) is 6.23 Å². The first-order chi connectivity index (χ1) is 6.93. The molecule has 1 atom stereocenters. The standard InChI is InChI=1S/C13H25NO/c1-5-12(15)14-11-8-6-10(7-9-11)13(2,3)4/h5,10-12,14-15H,1,6-9H2,2-4H3. The topological polar surface area (TPSA) is 32.3 Å². The van der Waals surface area contributed by atoms with Crippen LogP contribution in [0.5, 0.6) is 0 Å². The fourth-order valence-corrected chi connectivity index (χ4v) is 2.44. The van der Waals surface area contributed by atoms with Crippen LogP contribution in [-0.2, 0) is 0 Å². The molecule has 15 heavy (non-hydrogen) atoms. The van der Waals surface area contributed by atoms with E-state index < -0.39 is 6.23 Å². The molecule has 0 aromatic rings. The highest BCUT2D eigenvalue weighted by Gasteiger charge is 2.29. The van der Waals surface area contributed by atoms with Crippen LogP contribution in [0.2, 0.25) is 0 Å². The van der Waals surface area contributed by atoms with Crippen LogP contribution in [0.1, 0.15) is 46.5 Å². The Morgan fingerprint density at radius 1 is 1.27 bits per heavy atom. The molecule has 1 rings (SSSR count). The summed E-state index contributed by atoms with van der Waals surface area (Å²) in [6.07, 6.45) is 5.90. The normalized spacial score (nSPS) is 29.9. The molecule has 1 unspecified atom stereocenters. The summed E-state index contributed by atoms with van der Waals surface area (Å²) < 4.78 is 0. The van der Waals surface area contributed by atoms with Gasteiger partial charge in [0.15, 0.2) is 0 Å². The molecule has 1 fully saturated rings. The minimum absolute atomic E-state index is 0.433.